The van der Waals surface area contributed by atoms with Crippen LogP contribution < -0.4 is 0 Å². The number of hydrogen-bond donors (Lipinski definition) is 0. The summed E-state index contributed by atoms with van der Waals surface area (Å²) in [6.45, 7) is 4.52. The van der Waals surface area contributed by atoms with Crippen molar-refractivity contribution in [2.45, 2.75) is 57.2 Å². The van der Waals surface area contributed by atoms with E-state index in [9.17, 15) is 0 Å². The summed E-state index contributed by atoms with van der Waals surface area (Å²) in [5, 5.41) is 0. The minimum absolute atomic E-state index is 0.257. The molecule has 2 saturated heterocycles. The van der Waals surface area contributed by atoms with Crippen molar-refractivity contribution < 1.29 is 4.74 Å². The lowest BCUT2D eigenvalue weighted by atomic mass is 9.95. The maximum atomic E-state index is 5.97. The zero-order chi connectivity index (χ0) is 7.24. The zero-order valence-electron chi connectivity index (χ0n) is 6.94. The summed E-state index contributed by atoms with van der Waals surface area (Å²) in [5.41, 5.74) is 0.514. The standard InChI is InChI=1S/C9H16O/c1-8-4-3-5-9(2,10-8)7-6-8/h3-7H2,1-2H3. The predicted molar refractivity (Wildman–Crippen MR) is 41.0 cm³/mol. The molecule has 0 aromatic carbocycles. The quantitative estimate of drug-likeness (QED) is 0.502. The van der Waals surface area contributed by atoms with E-state index in [0.29, 0.717) is 0 Å². The molecule has 0 N–H and O–H groups in total. The molecule has 2 atom stereocenters. The molecule has 2 aliphatic heterocycles. The van der Waals surface area contributed by atoms with Gasteiger partial charge in [-0.05, 0) is 46.0 Å². The molecule has 2 fully saturated rings. The number of fused-ring (bicyclic) bond motifs is 2. The van der Waals surface area contributed by atoms with E-state index in [-0.39, 0.29) is 11.2 Å². The van der Waals surface area contributed by atoms with Gasteiger partial charge in [0, 0.05) is 0 Å². The van der Waals surface area contributed by atoms with Crippen molar-refractivity contribution in [1.29, 1.82) is 0 Å². The van der Waals surface area contributed by atoms with Crippen molar-refractivity contribution in [3.8, 4) is 0 Å². The highest BCUT2D eigenvalue weighted by Gasteiger charge is 2.46. The van der Waals surface area contributed by atoms with Crippen LogP contribution >= 0.6 is 0 Å². The van der Waals surface area contributed by atoms with Crippen molar-refractivity contribution in [3.63, 3.8) is 0 Å². The molecule has 0 aromatic heterocycles. The Hall–Kier alpha value is -0.0400. The van der Waals surface area contributed by atoms with E-state index in [0.717, 1.165) is 0 Å². The molecule has 0 saturated carbocycles. The number of hydrogen-bond acceptors (Lipinski definition) is 1. The van der Waals surface area contributed by atoms with Crippen LogP contribution in [0.5, 0.6) is 0 Å². The van der Waals surface area contributed by atoms with Crippen LogP contribution in [0.3, 0.4) is 0 Å². The van der Waals surface area contributed by atoms with Gasteiger partial charge >= 0.3 is 0 Å². The van der Waals surface area contributed by atoms with Gasteiger partial charge in [-0.25, -0.2) is 0 Å². The summed E-state index contributed by atoms with van der Waals surface area (Å²) in [6, 6.07) is 0. The van der Waals surface area contributed by atoms with Crippen LogP contribution in [-0.2, 0) is 4.74 Å². The highest BCUT2D eigenvalue weighted by atomic mass is 16.5. The zero-order valence-corrected chi connectivity index (χ0v) is 6.94. The Morgan fingerprint density at radius 1 is 0.900 bits per heavy atom. The first-order valence-electron chi connectivity index (χ1n) is 4.32. The average molecular weight is 140 g/mol. The fourth-order valence-corrected chi connectivity index (χ4v) is 2.41. The van der Waals surface area contributed by atoms with Crippen LogP contribution in [0.25, 0.3) is 0 Å². The molecular weight excluding hydrogens is 124 g/mol. The van der Waals surface area contributed by atoms with Gasteiger partial charge in [-0.1, -0.05) is 0 Å². The van der Waals surface area contributed by atoms with Crippen LogP contribution in [0.4, 0.5) is 0 Å². The Morgan fingerprint density at radius 3 is 1.80 bits per heavy atom. The maximum Gasteiger partial charge on any atom is 0.0663 e. The summed E-state index contributed by atoms with van der Waals surface area (Å²) < 4.78 is 5.97. The molecular formula is C9H16O. The summed E-state index contributed by atoms with van der Waals surface area (Å²) in [5.74, 6) is 0. The second-order valence-electron chi connectivity index (χ2n) is 4.36. The van der Waals surface area contributed by atoms with Gasteiger partial charge in [-0.3, -0.25) is 0 Å². The maximum absolute atomic E-state index is 5.97. The van der Waals surface area contributed by atoms with E-state index < -0.39 is 0 Å². The highest BCUT2D eigenvalue weighted by molar-refractivity contribution is 4.96. The van der Waals surface area contributed by atoms with Crippen LogP contribution in [-0.4, -0.2) is 11.2 Å². The minimum Gasteiger partial charge on any atom is -0.369 e. The molecule has 2 unspecified atom stereocenters. The summed E-state index contributed by atoms with van der Waals surface area (Å²) in [7, 11) is 0. The number of ether oxygens (including phenoxy) is 1. The molecule has 2 rings (SSSR count). The summed E-state index contributed by atoms with van der Waals surface area (Å²) >= 11 is 0. The second kappa shape index (κ2) is 1.76. The lowest BCUT2D eigenvalue weighted by Gasteiger charge is -2.35. The molecule has 58 valence electrons. The van der Waals surface area contributed by atoms with E-state index in [1.165, 1.54) is 32.1 Å². The largest absolute Gasteiger partial charge is 0.369 e. The van der Waals surface area contributed by atoms with Crippen molar-refractivity contribution >= 4 is 0 Å². The first-order valence-corrected chi connectivity index (χ1v) is 4.32. The van der Waals surface area contributed by atoms with Crippen LogP contribution in [0.15, 0.2) is 0 Å². The summed E-state index contributed by atoms with van der Waals surface area (Å²) in [6.07, 6.45) is 6.49. The average Bonchev–Trinajstić information content (AvgIpc) is 2.03. The van der Waals surface area contributed by atoms with Gasteiger partial charge in [0.25, 0.3) is 0 Å². The van der Waals surface area contributed by atoms with E-state index in [1.54, 1.807) is 0 Å². The predicted octanol–water partition coefficient (Wildman–Crippen LogP) is 2.50. The normalized spacial score (nSPS) is 53.4. The van der Waals surface area contributed by atoms with E-state index in [1.807, 2.05) is 0 Å². The fourth-order valence-electron chi connectivity index (χ4n) is 2.41. The van der Waals surface area contributed by atoms with Crippen molar-refractivity contribution in [1.82, 2.24) is 0 Å². The topological polar surface area (TPSA) is 9.23 Å². The highest BCUT2D eigenvalue weighted by Crippen LogP contribution is 2.47. The molecule has 2 aliphatic rings. The molecule has 2 bridgehead atoms. The van der Waals surface area contributed by atoms with Gasteiger partial charge < -0.3 is 4.74 Å². The monoisotopic (exact) mass is 140 g/mol. The van der Waals surface area contributed by atoms with Gasteiger partial charge in [0.05, 0.1) is 11.2 Å². The first-order chi connectivity index (χ1) is 4.62. The third-order valence-corrected chi connectivity index (χ3v) is 3.09. The van der Waals surface area contributed by atoms with Crippen molar-refractivity contribution in [3.05, 3.63) is 0 Å². The molecule has 0 amide bonds. The third-order valence-electron chi connectivity index (χ3n) is 3.09. The Kier molecular flexibility index (Phi) is 1.17. The lowest BCUT2D eigenvalue weighted by Crippen LogP contribution is -2.35. The Morgan fingerprint density at radius 2 is 1.40 bits per heavy atom. The second-order valence-corrected chi connectivity index (χ2v) is 4.36. The SMILES string of the molecule is CC12CCCC(C)(CC1)O2. The lowest BCUT2D eigenvalue weighted by molar-refractivity contribution is -0.120. The van der Waals surface area contributed by atoms with Crippen LogP contribution in [0.1, 0.15) is 46.0 Å². The minimum atomic E-state index is 0.257. The third kappa shape index (κ3) is 0.878. The molecule has 10 heavy (non-hydrogen) atoms. The van der Waals surface area contributed by atoms with Crippen LogP contribution in [0, 0.1) is 0 Å². The molecule has 2 heterocycles. The molecule has 1 nitrogen and oxygen atoms in total. The van der Waals surface area contributed by atoms with Gasteiger partial charge in [0.2, 0.25) is 0 Å². The summed E-state index contributed by atoms with van der Waals surface area (Å²) in [4.78, 5) is 0. The molecule has 0 aliphatic carbocycles. The van der Waals surface area contributed by atoms with E-state index in [4.69, 9.17) is 4.74 Å². The molecule has 1 heteroatoms. The molecule has 0 spiro atoms. The van der Waals surface area contributed by atoms with E-state index in [2.05, 4.69) is 13.8 Å². The van der Waals surface area contributed by atoms with Gasteiger partial charge in [-0.15, -0.1) is 0 Å². The molecule has 0 aromatic rings. The van der Waals surface area contributed by atoms with Crippen molar-refractivity contribution in [2.75, 3.05) is 0 Å². The smallest absolute Gasteiger partial charge is 0.0663 e. The van der Waals surface area contributed by atoms with Crippen LogP contribution in [0.2, 0.25) is 0 Å². The fraction of sp³-hybridized carbons (Fsp3) is 1.00. The Balaban J connectivity index is 2.20. The number of rotatable bonds is 0. The van der Waals surface area contributed by atoms with Gasteiger partial charge in [-0.2, -0.15) is 0 Å². The first kappa shape index (κ1) is 6.66. The van der Waals surface area contributed by atoms with Gasteiger partial charge in [0.15, 0.2) is 0 Å². The Labute approximate surface area is 62.8 Å². The molecule has 0 radical (unpaired) electrons. The van der Waals surface area contributed by atoms with E-state index >= 15 is 0 Å². The van der Waals surface area contributed by atoms with Crippen molar-refractivity contribution in [2.24, 2.45) is 0 Å². The Bertz CT molecular complexity index is 139. The van der Waals surface area contributed by atoms with Gasteiger partial charge in [0.1, 0.15) is 0 Å².